The zero-order chi connectivity index (χ0) is 16.8. The van der Waals surface area contributed by atoms with Crippen LogP contribution < -0.4 is 15.0 Å². The average Bonchev–Trinajstić information content (AvgIpc) is 2.55. The monoisotopic (exact) mass is 350 g/mol. The standard InChI is InChI=1S/C17H22N2O4S/c20-14-10-16(3-5-18-6-4-16)23-15-2-1-12(9-13(14)15)19-7-8-24-11-17(19,21)22/h1-2,9,18,21-22H,3-8,10-11H2. The van der Waals surface area contributed by atoms with Gasteiger partial charge in [-0.15, -0.1) is 0 Å². The molecular weight excluding hydrogens is 328 g/mol. The van der Waals surface area contributed by atoms with Gasteiger partial charge in [-0.2, -0.15) is 11.8 Å². The Morgan fingerprint density at radius 3 is 2.79 bits per heavy atom. The largest absolute Gasteiger partial charge is 0.486 e. The molecule has 0 saturated carbocycles. The maximum absolute atomic E-state index is 12.7. The third kappa shape index (κ3) is 2.79. The maximum Gasteiger partial charge on any atom is 0.256 e. The first-order valence-electron chi connectivity index (χ1n) is 8.36. The van der Waals surface area contributed by atoms with Gasteiger partial charge in [-0.05, 0) is 31.3 Å². The lowest BCUT2D eigenvalue weighted by Gasteiger charge is -2.42. The predicted octanol–water partition coefficient (Wildman–Crippen LogP) is 0.966. The van der Waals surface area contributed by atoms with E-state index < -0.39 is 5.91 Å². The molecule has 0 aromatic heterocycles. The number of ketones is 1. The van der Waals surface area contributed by atoms with E-state index in [0.29, 0.717) is 30.0 Å². The molecule has 0 amide bonds. The van der Waals surface area contributed by atoms with Gasteiger partial charge in [0.05, 0.1) is 17.7 Å². The molecule has 3 N–H and O–H groups in total. The number of benzene rings is 1. The quantitative estimate of drug-likeness (QED) is 0.651. The van der Waals surface area contributed by atoms with E-state index in [1.165, 1.54) is 11.8 Å². The van der Waals surface area contributed by atoms with Crippen molar-refractivity contribution in [1.82, 2.24) is 5.32 Å². The molecule has 24 heavy (non-hydrogen) atoms. The number of fused-ring (bicyclic) bond motifs is 1. The average molecular weight is 350 g/mol. The van der Waals surface area contributed by atoms with Crippen LogP contribution in [0.3, 0.4) is 0 Å². The van der Waals surface area contributed by atoms with Gasteiger partial charge in [-0.3, -0.25) is 4.79 Å². The Morgan fingerprint density at radius 1 is 1.25 bits per heavy atom. The summed E-state index contributed by atoms with van der Waals surface area (Å²) in [6, 6.07) is 5.34. The molecular formula is C17H22N2O4S. The van der Waals surface area contributed by atoms with Crippen LogP contribution in [0.25, 0.3) is 0 Å². The van der Waals surface area contributed by atoms with Gasteiger partial charge in [0.15, 0.2) is 5.78 Å². The molecule has 6 nitrogen and oxygen atoms in total. The second-order valence-corrected chi connectivity index (χ2v) is 7.90. The van der Waals surface area contributed by atoms with Gasteiger partial charge in [-0.1, -0.05) is 0 Å². The number of carbonyl (C=O) groups excluding carboxylic acids is 1. The Morgan fingerprint density at radius 2 is 2.04 bits per heavy atom. The molecule has 0 atom stereocenters. The molecule has 2 fully saturated rings. The number of anilines is 1. The number of piperidine rings is 1. The molecule has 130 valence electrons. The highest BCUT2D eigenvalue weighted by molar-refractivity contribution is 7.99. The minimum Gasteiger partial charge on any atom is -0.486 e. The van der Waals surface area contributed by atoms with E-state index in [0.717, 1.165) is 31.7 Å². The number of rotatable bonds is 1. The zero-order valence-corrected chi connectivity index (χ0v) is 14.3. The smallest absolute Gasteiger partial charge is 0.256 e. The van der Waals surface area contributed by atoms with Crippen molar-refractivity contribution in [3.05, 3.63) is 23.8 Å². The fourth-order valence-corrected chi connectivity index (χ4v) is 4.65. The first kappa shape index (κ1) is 16.2. The molecule has 4 rings (SSSR count). The van der Waals surface area contributed by atoms with Crippen LogP contribution in [0.5, 0.6) is 5.75 Å². The minimum atomic E-state index is -1.88. The molecule has 3 heterocycles. The number of hydrogen-bond donors (Lipinski definition) is 3. The van der Waals surface area contributed by atoms with Crippen molar-refractivity contribution in [3.8, 4) is 5.75 Å². The summed E-state index contributed by atoms with van der Waals surface area (Å²) in [5.74, 6) is -0.144. The lowest BCUT2D eigenvalue weighted by atomic mass is 9.83. The molecule has 2 saturated heterocycles. The summed E-state index contributed by atoms with van der Waals surface area (Å²) in [6.07, 6.45) is 2.06. The molecule has 3 aliphatic rings. The molecule has 1 aromatic carbocycles. The summed E-state index contributed by atoms with van der Waals surface area (Å²) < 4.78 is 6.22. The Balaban J connectivity index is 1.64. The summed E-state index contributed by atoms with van der Waals surface area (Å²) in [4.78, 5) is 14.3. The molecule has 0 radical (unpaired) electrons. The Labute approximate surface area is 145 Å². The van der Waals surface area contributed by atoms with Gasteiger partial charge in [0.2, 0.25) is 0 Å². The summed E-state index contributed by atoms with van der Waals surface area (Å²) in [7, 11) is 0. The number of thioether (sulfide) groups is 1. The second-order valence-electron chi connectivity index (χ2n) is 6.79. The van der Waals surface area contributed by atoms with Gasteiger partial charge in [-0.25, -0.2) is 0 Å². The molecule has 1 spiro atoms. The van der Waals surface area contributed by atoms with Crippen molar-refractivity contribution in [2.45, 2.75) is 30.8 Å². The van der Waals surface area contributed by atoms with Crippen molar-refractivity contribution < 1.29 is 19.7 Å². The Bertz CT molecular complexity index is 658. The summed E-state index contributed by atoms with van der Waals surface area (Å²) >= 11 is 1.50. The van der Waals surface area contributed by atoms with Crippen LogP contribution in [-0.2, 0) is 0 Å². The van der Waals surface area contributed by atoms with Crippen LogP contribution in [-0.4, -0.2) is 58.6 Å². The van der Waals surface area contributed by atoms with E-state index in [2.05, 4.69) is 5.32 Å². The highest BCUT2D eigenvalue weighted by Gasteiger charge is 2.42. The highest BCUT2D eigenvalue weighted by Crippen LogP contribution is 2.40. The topological polar surface area (TPSA) is 82.0 Å². The molecule has 0 aliphatic carbocycles. The zero-order valence-electron chi connectivity index (χ0n) is 13.5. The molecule has 7 heteroatoms. The van der Waals surface area contributed by atoms with Crippen LogP contribution in [0, 0.1) is 0 Å². The van der Waals surface area contributed by atoms with E-state index >= 15 is 0 Å². The number of nitrogens with one attached hydrogen (secondary N) is 1. The maximum atomic E-state index is 12.7. The lowest BCUT2D eigenvalue weighted by molar-refractivity contribution is -0.141. The third-order valence-corrected chi connectivity index (χ3v) is 6.15. The highest BCUT2D eigenvalue weighted by atomic mass is 32.2. The fraction of sp³-hybridized carbons (Fsp3) is 0.588. The van der Waals surface area contributed by atoms with Gasteiger partial charge in [0, 0.05) is 30.8 Å². The van der Waals surface area contributed by atoms with Crippen molar-refractivity contribution >= 4 is 23.2 Å². The molecule has 1 aromatic rings. The van der Waals surface area contributed by atoms with Crippen molar-refractivity contribution in [2.24, 2.45) is 0 Å². The van der Waals surface area contributed by atoms with Crippen LogP contribution in [0.15, 0.2) is 18.2 Å². The molecule has 3 aliphatic heterocycles. The first-order chi connectivity index (χ1) is 11.5. The number of Topliss-reactive ketones (excluding diaryl/α,β-unsaturated/α-hetero) is 1. The van der Waals surface area contributed by atoms with Crippen molar-refractivity contribution in [3.63, 3.8) is 0 Å². The molecule has 0 unspecified atom stereocenters. The summed E-state index contributed by atoms with van der Waals surface area (Å²) in [6.45, 7) is 2.26. The number of hydrogen-bond acceptors (Lipinski definition) is 7. The Hall–Kier alpha value is -1.28. The van der Waals surface area contributed by atoms with E-state index in [9.17, 15) is 15.0 Å². The van der Waals surface area contributed by atoms with E-state index in [-0.39, 0.29) is 17.1 Å². The predicted molar refractivity (Wildman–Crippen MR) is 92.7 cm³/mol. The van der Waals surface area contributed by atoms with Crippen LogP contribution >= 0.6 is 11.8 Å². The number of ether oxygens (including phenoxy) is 1. The van der Waals surface area contributed by atoms with Crippen molar-refractivity contribution in [1.29, 1.82) is 0 Å². The summed E-state index contributed by atoms with van der Waals surface area (Å²) in [5.41, 5.74) is 0.819. The van der Waals surface area contributed by atoms with Gasteiger partial charge in [0.1, 0.15) is 11.4 Å². The lowest BCUT2D eigenvalue weighted by Crippen LogP contribution is -2.55. The fourth-order valence-electron chi connectivity index (χ4n) is 3.77. The number of carbonyl (C=O) groups is 1. The van der Waals surface area contributed by atoms with Gasteiger partial charge in [0.25, 0.3) is 5.91 Å². The molecule has 0 bridgehead atoms. The van der Waals surface area contributed by atoms with Crippen LogP contribution in [0.4, 0.5) is 5.69 Å². The van der Waals surface area contributed by atoms with E-state index in [1.54, 1.807) is 17.0 Å². The van der Waals surface area contributed by atoms with Crippen molar-refractivity contribution in [2.75, 3.05) is 36.0 Å². The van der Waals surface area contributed by atoms with E-state index in [4.69, 9.17) is 4.74 Å². The van der Waals surface area contributed by atoms with Crippen LogP contribution in [0.2, 0.25) is 0 Å². The Kier molecular flexibility index (Phi) is 3.99. The second kappa shape index (κ2) is 5.91. The number of nitrogens with zero attached hydrogens (tertiary/aromatic N) is 1. The summed E-state index contributed by atoms with van der Waals surface area (Å²) in [5, 5.41) is 23.7. The SMILES string of the molecule is O=C1CC2(CCNCC2)Oc2ccc(N3CCSCC3(O)O)cc21. The van der Waals surface area contributed by atoms with Gasteiger partial charge >= 0.3 is 0 Å². The minimum absolute atomic E-state index is 0.0767. The van der Waals surface area contributed by atoms with Crippen LogP contribution in [0.1, 0.15) is 29.6 Å². The number of aliphatic hydroxyl groups is 2. The van der Waals surface area contributed by atoms with E-state index in [1.807, 2.05) is 6.07 Å². The normalized spacial score (nSPS) is 25.2. The van der Waals surface area contributed by atoms with Gasteiger partial charge < -0.3 is 25.2 Å². The third-order valence-electron chi connectivity index (χ3n) is 5.09. The first-order valence-corrected chi connectivity index (χ1v) is 9.52.